The fraction of sp³-hybridized carbons (Fsp3) is 0.500. The monoisotopic (exact) mass is 234 g/mol. The highest BCUT2D eigenvalue weighted by Crippen LogP contribution is 2.14. The minimum atomic E-state index is -0.0763. The van der Waals surface area contributed by atoms with Crippen molar-refractivity contribution in [1.82, 2.24) is 15.1 Å². The van der Waals surface area contributed by atoms with E-state index in [4.69, 9.17) is 12.2 Å². The van der Waals surface area contributed by atoms with Gasteiger partial charge in [0.15, 0.2) is 0 Å². The van der Waals surface area contributed by atoms with E-state index < -0.39 is 0 Å². The molecule has 0 fully saturated rings. The van der Waals surface area contributed by atoms with Gasteiger partial charge in [0.2, 0.25) is 5.91 Å². The third-order valence-electron chi connectivity index (χ3n) is 2.55. The summed E-state index contributed by atoms with van der Waals surface area (Å²) in [5, 5.41) is 6.98. The summed E-state index contributed by atoms with van der Waals surface area (Å²) in [6.07, 6.45) is 6.58. The molecule has 0 saturated carbocycles. The summed E-state index contributed by atoms with van der Waals surface area (Å²) in [6, 6.07) is 0. The van der Waals surface area contributed by atoms with E-state index in [0.717, 1.165) is 17.8 Å². The number of aromatic nitrogens is 2. The highest BCUT2D eigenvalue weighted by Gasteiger charge is 2.10. The van der Waals surface area contributed by atoms with Crippen LogP contribution in [0.1, 0.15) is 24.2 Å². The molecule has 1 amide bonds. The number of unbranched alkanes of at least 4 members (excludes halogenated alkanes) is 1. The van der Waals surface area contributed by atoms with Crippen molar-refractivity contribution >= 4 is 11.6 Å². The van der Waals surface area contributed by atoms with Crippen LogP contribution >= 0.6 is 0 Å². The molecule has 0 radical (unpaired) electrons. The summed E-state index contributed by atoms with van der Waals surface area (Å²) in [6.45, 7) is 4.46. The lowest BCUT2D eigenvalue weighted by Crippen LogP contribution is -2.29. The average Bonchev–Trinajstić information content (AvgIpc) is 2.53. The summed E-state index contributed by atoms with van der Waals surface area (Å²) in [4.78, 5) is 11.6. The van der Waals surface area contributed by atoms with Crippen LogP contribution in [0.25, 0.3) is 0 Å². The number of nitrogens with zero attached hydrogens (tertiary/aromatic N) is 2. The Bertz CT molecular complexity index is 442. The van der Waals surface area contributed by atoms with Crippen molar-refractivity contribution in [1.29, 1.82) is 0 Å². The molecular weight excluding hydrogens is 216 g/mol. The highest BCUT2D eigenvalue weighted by atomic mass is 16.2. The van der Waals surface area contributed by atoms with Gasteiger partial charge in [0.05, 0.1) is 17.1 Å². The van der Waals surface area contributed by atoms with Gasteiger partial charge < -0.3 is 11.1 Å². The highest BCUT2D eigenvalue weighted by molar-refractivity contribution is 5.75. The maximum absolute atomic E-state index is 11.6. The lowest BCUT2D eigenvalue weighted by molar-refractivity contribution is -0.121. The van der Waals surface area contributed by atoms with Crippen molar-refractivity contribution in [2.75, 3.05) is 12.3 Å². The third-order valence-corrected chi connectivity index (χ3v) is 2.55. The second kappa shape index (κ2) is 5.94. The van der Waals surface area contributed by atoms with Gasteiger partial charge in [-0.05, 0) is 20.3 Å². The van der Waals surface area contributed by atoms with Crippen LogP contribution < -0.4 is 11.1 Å². The Kier molecular flexibility index (Phi) is 4.58. The molecule has 3 N–H and O–H groups in total. The number of aryl methyl sites for hydroxylation is 1. The first-order valence-corrected chi connectivity index (χ1v) is 5.56. The Morgan fingerprint density at radius 2 is 2.29 bits per heavy atom. The van der Waals surface area contributed by atoms with E-state index in [-0.39, 0.29) is 12.5 Å². The number of carbonyl (C=O) groups is 1. The number of rotatable bonds is 5. The zero-order valence-corrected chi connectivity index (χ0v) is 10.3. The number of anilines is 1. The van der Waals surface area contributed by atoms with E-state index in [9.17, 15) is 4.79 Å². The first kappa shape index (κ1) is 13.1. The van der Waals surface area contributed by atoms with E-state index in [0.29, 0.717) is 18.7 Å². The van der Waals surface area contributed by atoms with E-state index in [2.05, 4.69) is 16.3 Å². The Hall–Kier alpha value is -1.96. The Morgan fingerprint density at radius 1 is 1.59 bits per heavy atom. The number of hydrogen-bond donors (Lipinski definition) is 2. The molecule has 1 heterocycles. The molecule has 0 aliphatic carbocycles. The largest absolute Gasteiger partial charge is 0.396 e. The molecule has 5 nitrogen and oxygen atoms in total. The van der Waals surface area contributed by atoms with E-state index in [1.807, 2.05) is 13.8 Å². The van der Waals surface area contributed by atoms with Crippen molar-refractivity contribution in [2.24, 2.45) is 0 Å². The average molecular weight is 234 g/mol. The van der Waals surface area contributed by atoms with Gasteiger partial charge in [0.1, 0.15) is 6.54 Å². The maximum atomic E-state index is 11.6. The van der Waals surface area contributed by atoms with Crippen LogP contribution in [-0.4, -0.2) is 22.2 Å². The van der Waals surface area contributed by atoms with Gasteiger partial charge in [-0.25, -0.2) is 0 Å². The van der Waals surface area contributed by atoms with Crippen LogP contribution in [0.4, 0.5) is 5.69 Å². The van der Waals surface area contributed by atoms with Crippen molar-refractivity contribution in [3.63, 3.8) is 0 Å². The Labute approximate surface area is 101 Å². The van der Waals surface area contributed by atoms with Gasteiger partial charge in [-0.1, -0.05) is 0 Å². The van der Waals surface area contributed by atoms with Crippen LogP contribution in [0.15, 0.2) is 0 Å². The van der Waals surface area contributed by atoms with Crippen molar-refractivity contribution in [3.05, 3.63) is 11.4 Å². The number of amides is 1. The smallest absolute Gasteiger partial charge is 0.241 e. The number of nitrogen functional groups attached to an aromatic ring is 1. The number of hydrogen-bond acceptors (Lipinski definition) is 3. The minimum Gasteiger partial charge on any atom is -0.396 e. The van der Waals surface area contributed by atoms with Gasteiger partial charge in [0.25, 0.3) is 0 Å². The predicted molar refractivity (Wildman–Crippen MR) is 67.2 cm³/mol. The van der Waals surface area contributed by atoms with Gasteiger partial charge in [-0.15, -0.1) is 12.3 Å². The van der Waals surface area contributed by atoms with Crippen LogP contribution in [0.5, 0.6) is 0 Å². The fourth-order valence-electron chi connectivity index (χ4n) is 1.47. The standard InChI is InChI=1S/C12H18N4O/c1-4-5-6-7-14-11(17)8-16-10(3)12(13)9(2)15-16/h1H,5-8,13H2,2-3H3,(H,14,17). The molecule has 0 aromatic carbocycles. The molecule has 0 aliphatic heterocycles. The molecular formula is C12H18N4O. The van der Waals surface area contributed by atoms with Crippen LogP contribution in [0.3, 0.4) is 0 Å². The number of nitrogens with one attached hydrogen (secondary N) is 1. The van der Waals surface area contributed by atoms with Crippen molar-refractivity contribution in [3.8, 4) is 12.3 Å². The lowest BCUT2D eigenvalue weighted by Gasteiger charge is -2.05. The van der Waals surface area contributed by atoms with Crippen LogP contribution in [-0.2, 0) is 11.3 Å². The Balaban J connectivity index is 2.46. The SMILES string of the molecule is C#CCCCNC(=O)Cn1nc(C)c(N)c1C. The van der Waals surface area contributed by atoms with Gasteiger partial charge in [-0.3, -0.25) is 9.48 Å². The van der Waals surface area contributed by atoms with E-state index in [1.54, 1.807) is 4.68 Å². The molecule has 0 spiro atoms. The molecule has 0 saturated heterocycles. The zero-order valence-electron chi connectivity index (χ0n) is 10.3. The number of carbonyl (C=O) groups excluding carboxylic acids is 1. The summed E-state index contributed by atoms with van der Waals surface area (Å²) in [7, 11) is 0. The molecule has 0 bridgehead atoms. The molecule has 17 heavy (non-hydrogen) atoms. The molecule has 1 rings (SSSR count). The molecule has 0 atom stereocenters. The second-order valence-corrected chi connectivity index (χ2v) is 3.90. The summed E-state index contributed by atoms with van der Waals surface area (Å²) in [5.41, 5.74) is 8.00. The second-order valence-electron chi connectivity index (χ2n) is 3.90. The normalized spacial score (nSPS) is 9.94. The van der Waals surface area contributed by atoms with E-state index >= 15 is 0 Å². The minimum absolute atomic E-state index is 0.0763. The first-order chi connectivity index (χ1) is 8.06. The maximum Gasteiger partial charge on any atom is 0.241 e. The number of nitrogens with two attached hydrogens (primary N) is 1. The summed E-state index contributed by atoms with van der Waals surface area (Å²) < 4.78 is 1.61. The topological polar surface area (TPSA) is 72.9 Å². The molecule has 0 aliphatic rings. The summed E-state index contributed by atoms with van der Waals surface area (Å²) in [5.74, 6) is 2.45. The molecule has 1 aromatic heterocycles. The fourth-order valence-corrected chi connectivity index (χ4v) is 1.47. The molecule has 1 aromatic rings. The lowest BCUT2D eigenvalue weighted by atomic mass is 10.3. The molecule has 92 valence electrons. The molecule has 0 unspecified atom stereocenters. The zero-order chi connectivity index (χ0) is 12.8. The summed E-state index contributed by atoms with van der Waals surface area (Å²) >= 11 is 0. The van der Waals surface area contributed by atoms with Crippen molar-refractivity contribution in [2.45, 2.75) is 33.2 Å². The first-order valence-electron chi connectivity index (χ1n) is 5.56. The molecule has 5 heteroatoms. The van der Waals surface area contributed by atoms with E-state index in [1.165, 1.54) is 0 Å². The van der Waals surface area contributed by atoms with Gasteiger partial charge in [-0.2, -0.15) is 5.10 Å². The third kappa shape index (κ3) is 3.52. The van der Waals surface area contributed by atoms with Gasteiger partial charge >= 0.3 is 0 Å². The Morgan fingerprint density at radius 3 is 2.82 bits per heavy atom. The van der Waals surface area contributed by atoms with Crippen molar-refractivity contribution < 1.29 is 4.79 Å². The van der Waals surface area contributed by atoms with Crippen LogP contribution in [0, 0.1) is 26.2 Å². The quantitative estimate of drug-likeness (QED) is 0.579. The number of terminal acetylenes is 1. The predicted octanol–water partition coefficient (Wildman–Crippen LogP) is 0.612. The van der Waals surface area contributed by atoms with Crippen LogP contribution in [0.2, 0.25) is 0 Å². The van der Waals surface area contributed by atoms with Gasteiger partial charge in [0, 0.05) is 13.0 Å².